The van der Waals surface area contributed by atoms with Crippen molar-refractivity contribution in [2.75, 3.05) is 19.0 Å². The van der Waals surface area contributed by atoms with Gasteiger partial charge >= 0.3 is 5.97 Å². The van der Waals surface area contributed by atoms with Crippen LogP contribution in [0.2, 0.25) is 0 Å². The number of hydrogen-bond acceptors (Lipinski definition) is 6. The van der Waals surface area contributed by atoms with E-state index < -0.39 is 5.97 Å². The molecule has 0 bridgehead atoms. The Morgan fingerprint density at radius 1 is 1.10 bits per heavy atom. The van der Waals surface area contributed by atoms with Crippen molar-refractivity contribution in [3.63, 3.8) is 0 Å². The van der Waals surface area contributed by atoms with E-state index in [1.165, 1.54) is 62.4 Å². The fourth-order valence-electron chi connectivity index (χ4n) is 3.45. The van der Waals surface area contributed by atoms with Crippen LogP contribution in [0.1, 0.15) is 101 Å². The predicted molar refractivity (Wildman–Crippen MR) is 122 cm³/mol. The normalized spacial score (nSPS) is 19.9. The van der Waals surface area contributed by atoms with Gasteiger partial charge in [0.25, 0.3) is 0 Å². The van der Waals surface area contributed by atoms with Crippen molar-refractivity contribution in [2.45, 2.75) is 90.4 Å². The molecule has 1 fully saturated rings. The maximum absolute atomic E-state index is 12.5. The number of carbonyl (C=O) groups is 1. The SMILES string of the molecule is CCCCCCCCCCCCC(=O)c1cc(C2(OCC)OCCSSO2)c[nH]1. The minimum Gasteiger partial charge on any atom is -0.358 e. The number of H-pyrrole nitrogens is 1. The van der Waals surface area contributed by atoms with Crippen molar-refractivity contribution in [1.29, 1.82) is 0 Å². The molecule has 5 nitrogen and oxygen atoms in total. The van der Waals surface area contributed by atoms with Gasteiger partial charge in [0, 0.05) is 18.4 Å². The van der Waals surface area contributed by atoms with Crippen molar-refractivity contribution in [3.05, 3.63) is 23.5 Å². The van der Waals surface area contributed by atoms with Gasteiger partial charge in [-0.15, -0.1) is 0 Å². The highest BCUT2D eigenvalue weighted by Crippen LogP contribution is 2.40. The number of aromatic nitrogens is 1. The monoisotopic (exact) mass is 443 g/mol. The van der Waals surface area contributed by atoms with E-state index in [-0.39, 0.29) is 5.78 Å². The molecule has 1 unspecified atom stereocenters. The Hall–Kier alpha value is -0.470. The molecule has 1 saturated heterocycles. The summed E-state index contributed by atoms with van der Waals surface area (Å²) in [6, 6.07) is 1.81. The van der Waals surface area contributed by atoms with Crippen LogP contribution in [0.15, 0.2) is 12.3 Å². The van der Waals surface area contributed by atoms with Gasteiger partial charge in [-0.05, 0) is 19.4 Å². The molecule has 2 rings (SSSR count). The Kier molecular flexibility index (Phi) is 12.4. The van der Waals surface area contributed by atoms with Gasteiger partial charge in [-0.1, -0.05) is 75.5 Å². The summed E-state index contributed by atoms with van der Waals surface area (Å²) in [6.07, 6.45) is 15.0. The summed E-state index contributed by atoms with van der Waals surface area (Å²) in [5, 5.41) is 0. The van der Waals surface area contributed by atoms with E-state index in [2.05, 4.69) is 11.9 Å². The first kappa shape index (κ1) is 24.8. The topological polar surface area (TPSA) is 60.6 Å². The molecule has 0 aliphatic carbocycles. The second-order valence-electron chi connectivity index (χ2n) is 7.47. The summed E-state index contributed by atoms with van der Waals surface area (Å²) in [5.41, 5.74) is 1.31. The lowest BCUT2D eigenvalue weighted by molar-refractivity contribution is -0.345. The van der Waals surface area contributed by atoms with Crippen LogP contribution in [0.3, 0.4) is 0 Å². The van der Waals surface area contributed by atoms with E-state index in [0.717, 1.165) is 18.6 Å². The van der Waals surface area contributed by atoms with Crippen molar-refractivity contribution in [3.8, 4) is 0 Å². The van der Waals surface area contributed by atoms with Gasteiger partial charge in [0.1, 0.15) is 0 Å². The molecule has 7 heteroatoms. The first-order chi connectivity index (χ1) is 14.2. The summed E-state index contributed by atoms with van der Waals surface area (Å²) in [6.45, 7) is 5.15. The second kappa shape index (κ2) is 14.5. The number of ketones is 1. The lowest BCUT2D eigenvalue weighted by Crippen LogP contribution is -2.34. The average Bonchev–Trinajstić information content (AvgIpc) is 3.11. The predicted octanol–water partition coefficient (Wildman–Crippen LogP) is 7.00. The minimum atomic E-state index is -1.24. The molecule has 1 aliphatic rings. The van der Waals surface area contributed by atoms with Crippen molar-refractivity contribution >= 4 is 27.7 Å². The standard InChI is InChI=1S/C22H37NO4S2/c1-3-5-6-7-8-9-10-11-12-13-14-21(24)20-17-19(18-23-20)22(25-4-2)26-15-16-28-29-27-22/h17-18,23H,3-16H2,1-2H3. The molecule has 1 aliphatic heterocycles. The summed E-state index contributed by atoms with van der Waals surface area (Å²) in [4.78, 5) is 15.6. The van der Waals surface area contributed by atoms with E-state index in [4.69, 9.17) is 13.7 Å². The molecule has 1 atom stereocenters. The first-order valence-electron chi connectivity index (χ1n) is 11.2. The summed E-state index contributed by atoms with van der Waals surface area (Å²) in [7, 11) is 1.59. The molecule has 166 valence electrons. The Morgan fingerprint density at radius 3 is 2.48 bits per heavy atom. The highest BCUT2D eigenvalue weighted by Gasteiger charge is 2.39. The zero-order valence-corrected chi connectivity index (χ0v) is 19.6. The first-order valence-corrected chi connectivity index (χ1v) is 13.4. The third kappa shape index (κ3) is 8.66. The highest BCUT2D eigenvalue weighted by molar-refractivity contribution is 8.74. The van der Waals surface area contributed by atoms with Crippen LogP contribution in [0.25, 0.3) is 0 Å². The van der Waals surface area contributed by atoms with Crippen LogP contribution in [-0.4, -0.2) is 29.7 Å². The Balaban J connectivity index is 1.70. The number of ether oxygens (including phenoxy) is 2. The number of hydrogen-bond donors (Lipinski definition) is 1. The summed E-state index contributed by atoms with van der Waals surface area (Å²) < 4.78 is 17.4. The third-order valence-electron chi connectivity index (χ3n) is 5.08. The number of carbonyl (C=O) groups excluding carboxylic acids is 1. The molecule has 0 radical (unpaired) electrons. The fourth-order valence-corrected chi connectivity index (χ4v) is 4.82. The molecule has 0 amide bonds. The molecule has 0 saturated carbocycles. The number of Topliss-reactive ketones (excluding diaryl/α,β-unsaturated/α-hetero) is 1. The van der Waals surface area contributed by atoms with Crippen LogP contribution in [0, 0.1) is 0 Å². The number of aromatic amines is 1. The Bertz CT molecular complexity index is 571. The summed E-state index contributed by atoms with van der Waals surface area (Å²) in [5.74, 6) is -0.276. The largest absolute Gasteiger partial charge is 0.358 e. The van der Waals surface area contributed by atoms with E-state index in [9.17, 15) is 4.79 Å². The molecule has 2 heterocycles. The van der Waals surface area contributed by atoms with E-state index in [0.29, 0.717) is 30.9 Å². The van der Waals surface area contributed by atoms with Crippen molar-refractivity contribution in [1.82, 2.24) is 4.98 Å². The molecule has 1 aromatic heterocycles. The van der Waals surface area contributed by atoms with Crippen LogP contribution >= 0.6 is 21.9 Å². The minimum absolute atomic E-state index is 0.137. The molecular formula is C22H37NO4S2. The van der Waals surface area contributed by atoms with Gasteiger partial charge in [0.15, 0.2) is 5.78 Å². The average molecular weight is 444 g/mol. The summed E-state index contributed by atoms with van der Waals surface area (Å²) >= 11 is 1.27. The third-order valence-corrected chi connectivity index (χ3v) is 6.79. The molecule has 0 spiro atoms. The Morgan fingerprint density at radius 2 is 1.79 bits per heavy atom. The van der Waals surface area contributed by atoms with Gasteiger partial charge in [0.2, 0.25) is 0 Å². The molecule has 0 aromatic carbocycles. The van der Waals surface area contributed by atoms with Crippen LogP contribution in [0.4, 0.5) is 0 Å². The van der Waals surface area contributed by atoms with Crippen molar-refractivity contribution in [2.24, 2.45) is 0 Å². The zero-order chi connectivity index (χ0) is 20.8. The number of nitrogens with one attached hydrogen (secondary N) is 1. The van der Waals surface area contributed by atoms with Gasteiger partial charge in [-0.25, -0.2) is 4.18 Å². The zero-order valence-electron chi connectivity index (χ0n) is 18.0. The lowest BCUT2D eigenvalue weighted by Gasteiger charge is -2.28. The van der Waals surface area contributed by atoms with Gasteiger partial charge in [-0.2, -0.15) is 0 Å². The van der Waals surface area contributed by atoms with Gasteiger partial charge < -0.3 is 14.5 Å². The van der Waals surface area contributed by atoms with E-state index in [1.54, 1.807) is 17.0 Å². The maximum Gasteiger partial charge on any atom is 0.325 e. The Labute approximate surface area is 184 Å². The number of rotatable bonds is 15. The van der Waals surface area contributed by atoms with Crippen LogP contribution < -0.4 is 0 Å². The quantitative estimate of drug-likeness (QED) is 0.136. The fraction of sp³-hybridized carbons (Fsp3) is 0.773. The van der Waals surface area contributed by atoms with Crippen molar-refractivity contribution < 1.29 is 18.5 Å². The second-order valence-corrected chi connectivity index (χ2v) is 9.53. The van der Waals surface area contributed by atoms with E-state index in [1.807, 2.05) is 13.0 Å². The smallest absolute Gasteiger partial charge is 0.325 e. The molecule has 29 heavy (non-hydrogen) atoms. The molecule has 1 N–H and O–H groups in total. The highest BCUT2D eigenvalue weighted by atomic mass is 33.1. The van der Waals surface area contributed by atoms with Crippen LogP contribution in [0.5, 0.6) is 0 Å². The molecular weight excluding hydrogens is 406 g/mol. The van der Waals surface area contributed by atoms with Gasteiger partial charge in [0.05, 0.1) is 35.5 Å². The lowest BCUT2D eigenvalue weighted by atomic mass is 10.0. The molecule has 1 aromatic rings. The number of unbranched alkanes of at least 4 members (excludes halogenated alkanes) is 9. The van der Waals surface area contributed by atoms with E-state index >= 15 is 0 Å². The van der Waals surface area contributed by atoms with Crippen LogP contribution in [-0.2, 0) is 19.6 Å². The maximum atomic E-state index is 12.5. The van der Waals surface area contributed by atoms with Gasteiger partial charge in [-0.3, -0.25) is 4.79 Å².